The van der Waals surface area contributed by atoms with Crippen molar-refractivity contribution in [1.29, 1.82) is 0 Å². The highest BCUT2D eigenvalue weighted by Gasteiger charge is 2.38. The summed E-state index contributed by atoms with van der Waals surface area (Å²) < 4.78 is 31.2. The van der Waals surface area contributed by atoms with E-state index in [1.165, 1.54) is 35.7 Å². The van der Waals surface area contributed by atoms with Crippen LogP contribution < -0.4 is 5.73 Å². The number of carbonyl (C=O) groups excluding carboxylic acids is 1. The van der Waals surface area contributed by atoms with Crippen molar-refractivity contribution in [2.45, 2.75) is 18.2 Å². The van der Waals surface area contributed by atoms with Crippen molar-refractivity contribution in [3.8, 4) is 0 Å². The molecule has 7 heteroatoms. The number of nitrogens with zero attached hydrogens (tertiary/aromatic N) is 1. The number of hydrogen-bond donors (Lipinski definition) is 1. The van der Waals surface area contributed by atoms with E-state index >= 15 is 0 Å². The summed E-state index contributed by atoms with van der Waals surface area (Å²) in [5.74, 6) is -0.490. The van der Waals surface area contributed by atoms with Crippen LogP contribution in [0.3, 0.4) is 0 Å². The highest BCUT2D eigenvalue weighted by molar-refractivity contribution is 7.89. The van der Waals surface area contributed by atoms with Crippen LogP contribution >= 0.6 is 0 Å². The van der Waals surface area contributed by atoms with Crippen LogP contribution in [0.1, 0.15) is 23.7 Å². The molecule has 0 radical (unpaired) electrons. The van der Waals surface area contributed by atoms with Crippen LogP contribution in [0, 0.1) is 5.41 Å². The smallest absolute Gasteiger partial charge is 0.337 e. The molecule has 1 fully saturated rings. The number of ether oxygens (including phenoxy) is 1. The number of esters is 1. The van der Waals surface area contributed by atoms with E-state index < -0.39 is 16.0 Å². The van der Waals surface area contributed by atoms with Gasteiger partial charge in [-0.1, -0.05) is 6.92 Å². The molecule has 0 spiro atoms. The van der Waals surface area contributed by atoms with Gasteiger partial charge in [0.15, 0.2) is 0 Å². The van der Waals surface area contributed by atoms with Gasteiger partial charge in [0.1, 0.15) is 0 Å². The van der Waals surface area contributed by atoms with Crippen LogP contribution in [0.4, 0.5) is 0 Å². The number of nitrogens with two attached hydrogens (primary N) is 1. The second kappa shape index (κ2) is 5.75. The standard InChI is InChI=1S/C14H20N2O4S/c1-14(9-15)7-8-16(10-14)21(18,19)12-5-3-11(4-6-12)13(17)20-2/h3-6H,7-10,15H2,1-2H3. The first kappa shape index (κ1) is 15.9. The molecule has 1 aromatic rings. The monoisotopic (exact) mass is 312 g/mol. The lowest BCUT2D eigenvalue weighted by molar-refractivity contribution is 0.0600. The zero-order valence-electron chi connectivity index (χ0n) is 12.2. The highest BCUT2D eigenvalue weighted by atomic mass is 32.2. The van der Waals surface area contributed by atoms with Gasteiger partial charge in [-0.05, 0) is 42.6 Å². The molecule has 116 valence electrons. The third kappa shape index (κ3) is 3.09. The predicted molar refractivity (Wildman–Crippen MR) is 78.3 cm³/mol. The molecule has 0 bridgehead atoms. The van der Waals surface area contributed by atoms with Gasteiger partial charge in [0.25, 0.3) is 0 Å². The van der Waals surface area contributed by atoms with Gasteiger partial charge in [-0.2, -0.15) is 4.31 Å². The fraction of sp³-hybridized carbons (Fsp3) is 0.500. The first-order chi connectivity index (χ1) is 9.82. The molecule has 2 N–H and O–H groups in total. The quantitative estimate of drug-likeness (QED) is 0.832. The van der Waals surface area contributed by atoms with Gasteiger partial charge in [0, 0.05) is 13.1 Å². The van der Waals surface area contributed by atoms with Crippen LogP contribution in [0.2, 0.25) is 0 Å². The molecule has 1 aromatic carbocycles. The average Bonchev–Trinajstić information content (AvgIpc) is 2.90. The summed E-state index contributed by atoms with van der Waals surface area (Å²) in [6, 6.07) is 5.77. The van der Waals surface area contributed by atoms with E-state index in [0.29, 0.717) is 25.2 Å². The van der Waals surface area contributed by atoms with Gasteiger partial charge in [-0.15, -0.1) is 0 Å². The molecule has 1 aliphatic heterocycles. The summed E-state index contributed by atoms with van der Waals surface area (Å²) >= 11 is 0. The van der Waals surface area contributed by atoms with E-state index in [0.717, 1.165) is 6.42 Å². The molecule has 1 atom stereocenters. The number of carbonyl (C=O) groups is 1. The van der Waals surface area contributed by atoms with Crippen LogP contribution in [-0.4, -0.2) is 45.4 Å². The molecular formula is C14H20N2O4S. The minimum atomic E-state index is -3.54. The molecule has 0 amide bonds. The van der Waals surface area contributed by atoms with Gasteiger partial charge < -0.3 is 10.5 Å². The van der Waals surface area contributed by atoms with Crippen molar-refractivity contribution in [3.63, 3.8) is 0 Å². The van der Waals surface area contributed by atoms with E-state index in [2.05, 4.69) is 4.74 Å². The molecule has 21 heavy (non-hydrogen) atoms. The number of rotatable bonds is 4. The maximum absolute atomic E-state index is 12.6. The topological polar surface area (TPSA) is 89.7 Å². The molecule has 1 unspecified atom stereocenters. The summed E-state index contributed by atoms with van der Waals surface area (Å²) in [7, 11) is -2.26. The predicted octanol–water partition coefficient (Wildman–Crippen LogP) is 0.833. The fourth-order valence-corrected chi connectivity index (χ4v) is 3.97. The summed E-state index contributed by atoms with van der Waals surface area (Å²) in [5, 5.41) is 0. The van der Waals surface area contributed by atoms with E-state index in [-0.39, 0.29) is 10.3 Å². The summed E-state index contributed by atoms with van der Waals surface area (Å²) in [6.45, 7) is 3.34. The van der Waals surface area contributed by atoms with E-state index in [1.54, 1.807) is 0 Å². The molecule has 1 aliphatic rings. The lowest BCUT2D eigenvalue weighted by Crippen LogP contribution is -2.34. The molecule has 1 heterocycles. The number of sulfonamides is 1. The molecule has 0 aromatic heterocycles. The minimum Gasteiger partial charge on any atom is -0.465 e. The fourth-order valence-electron chi connectivity index (χ4n) is 2.38. The third-order valence-corrected chi connectivity index (χ3v) is 5.79. The van der Waals surface area contributed by atoms with Gasteiger partial charge in [0.05, 0.1) is 17.6 Å². The maximum Gasteiger partial charge on any atom is 0.337 e. The number of benzene rings is 1. The highest BCUT2D eigenvalue weighted by Crippen LogP contribution is 2.32. The van der Waals surface area contributed by atoms with Crippen LogP contribution in [-0.2, 0) is 14.8 Å². The van der Waals surface area contributed by atoms with Crippen molar-refractivity contribution >= 4 is 16.0 Å². The van der Waals surface area contributed by atoms with E-state index in [1.807, 2.05) is 6.92 Å². The SMILES string of the molecule is COC(=O)c1ccc(S(=O)(=O)N2CCC(C)(CN)C2)cc1. The van der Waals surface area contributed by atoms with Gasteiger partial charge in [-0.3, -0.25) is 0 Å². The van der Waals surface area contributed by atoms with Crippen molar-refractivity contribution in [1.82, 2.24) is 4.31 Å². The Labute approximate surface area is 124 Å². The van der Waals surface area contributed by atoms with E-state index in [4.69, 9.17) is 5.73 Å². The Morgan fingerprint density at radius 1 is 1.38 bits per heavy atom. The lowest BCUT2D eigenvalue weighted by Gasteiger charge is -2.22. The average molecular weight is 312 g/mol. The van der Waals surface area contributed by atoms with Gasteiger partial charge in [-0.25, -0.2) is 13.2 Å². The second-order valence-corrected chi connectivity index (χ2v) is 7.56. The largest absolute Gasteiger partial charge is 0.465 e. The molecule has 6 nitrogen and oxygen atoms in total. The summed E-state index contributed by atoms with van der Waals surface area (Å²) in [5.41, 5.74) is 5.86. The van der Waals surface area contributed by atoms with Crippen molar-refractivity contribution < 1.29 is 17.9 Å². The zero-order valence-corrected chi connectivity index (χ0v) is 13.0. The van der Waals surface area contributed by atoms with Crippen LogP contribution in [0.25, 0.3) is 0 Å². The summed E-state index contributed by atoms with van der Waals surface area (Å²) in [4.78, 5) is 11.5. The zero-order chi connectivity index (χ0) is 15.7. The Balaban J connectivity index is 2.23. The molecule has 0 aliphatic carbocycles. The number of hydrogen-bond acceptors (Lipinski definition) is 5. The van der Waals surface area contributed by atoms with Crippen LogP contribution in [0.15, 0.2) is 29.2 Å². The molecule has 1 saturated heterocycles. The normalized spacial score (nSPS) is 23.2. The number of methoxy groups -OCH3 is 1. The third-order valence-electron chi connectivity index (χ3n) is 3.93. The van der Waals surface area contributed by atoms with E-state index in [9.17, 15) is 13.2 Å². The Morgan fingerprint density at radius 3 is 2.48 bits per heavy atom. The van der Waals surface area contributed by atoms with Crippen molar-refractivity contribution in [2.75, 3.05) is 26.7 Å². The molecule has 0 saturated carbocycles. The van der Waals surface area contributed by atoms with Gasteiger partial charge >= 0.3 is 5.97 Å². The second-order valence-electron chi connectivity index (χ2n) is 5.62. The van der Waals surface area contributed by atoms with Crippen molar-refractivity contribution in [2.24, 2.45) is 11.1 Å². The first-order valence-electron chi connectivity index (χ1n) is 6.71. The Morgan fingerprint density at radius 2 is 2.00 bits per heavy atom. The summed E-state index contributed by atoms with van der Waals surface area (Å²) in [6.07, 6.45) is 0.753. The molecule has 2 rings (SSSR count). The molecular weight excluding hydrogens is 292 g/mol. The Kier molecular flexibility index (Phi) is 4.36. The van der Waals surface area contributed by atoms with Gasteiger partial charge in [0.2, 0.25) is 10.0 Å². The Hall–Kier alpha value is -1.44. The van der Waals surface area contributed by atoms with Crippen molar-refractivity contribution in [3.05, 3.63) is 29.8 Å². The van der Waals surface area contributed by atoms with Crippen LogP contribution in [0.5, 0.6) is 0 Å². The lowest BCUT2D eigenvalue weighted by atomic mass is 9.90. The minimum absolute atomic E-state index is 0.168. The first-order valence-corrected chi connectivity index (χ1v) is 8.15. The Bertz CT molecular complexity index is 627. The maximum atomic E-state index is 12.6.